The standard InChI is InChI=1S/C20H21ClN2O3S/c21-17-5-7-18(8-6-17)22-19(24)14-27-13-15-1-3-16(4-2-15)20(25)23-9-11-26-12-10-23/h1-8H,9-14H2,(H,22,24). The van der Waals surface area contributed by atoms with Gasteiger partial charge < -0.3 is 15.0 Å². The van der Waals surface area contributed by atoms with Crippen LogP contribution in [0.15, 0.2) is 48.5 Å². The smallest absolute Gasteiger partial charge is 0.254 e. The van der Waals surface area contributed by atoms with E-state index in [1.165, 1.54) is 11.8 Å². The summed E-state index contributed by atoms with van der Waals surface area (Å²) in [6, 6.07) is 14.6. The molecule has 2 amide bonds. The predicted octanol–water partition coefficient (Wildman–Crippen LogP) is 3.68. The zero-order valence-corrected chi connectivity index (χ0v) is 16.4. The second kappa shape index (κ2) is 9.78. The number of amides is 2. The number of rotatable bonds is 6. The van der Waals surface area contributed by atoms with Crippen LogP contribution in [-0.4, -0.2) is 48.8 Å². The van der Waals surface area contributed by atoms with E-state index < -0.39 is 0 Å². The highest BCUT2D eigenvalue weighted by atomic mass is 35.5. The molecule has 1 N–H and O–H groups in total. The van der Waals surface area contributed by atoms with Crippen molar-refractivity contribution in [3.05, 3.63) is 64.7 Å². The molecule has 1 aliphatic heterocycles. The van der Waals surface area contributed by atoms with Crippen LogP contribution in [0.5, 0.6) is 0 Å². The molecule has 142 valence electrons. The molecular weight excluding hydrogens is 384 g/mol. The van der Waals surface area contributed by atoms with Gasteiger partial charge in [-0.2, -0.15) is 0 Å². The van der Waals surface area contributed by atoms with E-state index in [0.29, 0.717) is 48.4 Å². The van der Waals surface area contributed by atoms with Crippen LogP contribution in [0.2, 0.25) is 5.02 Å². The first-order chi connectivity index (χ1) is 13.1. The van der Waals surface area contributed by atoms with Gasteiger partial charge in [-0.05, 0) is 42.0 Å². The normalized spacial score (nSPS) is 14.0. The lowest BCUT2D eigenvalue weighted by Gasteiger charge is -2.26. The van der Waals surface area contributed by atoms with Gasteiger partial charge in [-0.25, -0.2) is 0 Å². The predicted molar refractivity (Wildman–Crippen MR) is 109 cm³/mol. The lowest BCUT2D eigenvalue weighted by molar-refractivity contribution is -0.113. The maximum Gasteiger partial charge on any atom is 0.254 e. The summed E-state index contributed by atoms with van der Waals surface area (Å²) in [5, 5.41) is 3.47. The molecule has 0 aromatic heterocycles. The van der Waals surface area contributed by atoms with Gasteiger partial charge >= 0.3 is 0 Å². The maximum absolute atomic E-state index is 12.4. The average Bonchev–Trinajstić information content (AvgIpc) is 2.70. The molecule has 2 aromatic rings. The van der Waals surface area contributed by atoms with Crippen LogP contribution < -0.4 is 5.32 Å². The molecule has 7 heteroatoms. The number of carbonyl (C=O) groups excluding carboxylic acids is 2. The summed E-state index contributed by atoms with van der Waals surface area (Å²) in [7, 11) is 0. The Morgan fingerprint density at radius 2 is 1.70 bits per heavy atom. The van der Waals surface area contributed by atoms with E-state index in [9.17, 15) is 9.59 Å². The minimum Gasteiger partial charge on any atom is -0.378 e. The molecule has 0 aliphatic carbocycles. The molecular formula is C20H21ClN2O3S. The topological polar surface area (TPSA) is 58.6 Å². The quantitative estimate of drug-likeness (QED) is 0.797. The Morgan fingerprint density at radius 3 is 2.37 bits per heavy atom. The number of anilines is 1. The van der Waals surface area contributed by atoms with Crippen LogP contribution in [0.4, 0.5) is 5.69 Å². The number of ether oxygens (including phenoxy) is 1. The Morgan fingerprint density at radius 1 is 1.04 bits per heavy atom. The molecule has 2 aromatic carbocycles. The minimum absolute atomic E-state index is 0.0415. The van der Waals surface area contributed by atoms with Crippen molar-refractivity contribution >= 4 is 40.9 Å². The molecule has 0 unspecified atom stereocenters. The number of carbonyl (C=O) groups is 2. The first-order valence-corrected chi connectivity index (χ1v) is 10.2. The number of thioether (sulfide) groups is 1. The largest absolute Gasteiger partial charge is 0.378 e. The van der Waals surface area contributed by atoms with Crippen molar-refractivity contribution < 1.29 is 14.3 Å². The van der Waals surface area contributed by atoms with Crippen LogP contribution in [-0.2, 0) is 15.3 Å². The maximum atomic E-state index is 12.4. The first-order valence-electron chi connectivity index (χ1n) is 8.71. The summed E-state index contributed by atoms with van der Waals surface area (Å²) in [5.74, 6) is 1.05. The van der Waals surface area contributed by atoms with Gasteiger partial charge in [-0.3, -0.25) is 9.59 Å². The Kier molecular flexibility index (Phi) is 7.15. The molecule has 0 radical (unpaired) electrons. The summed E-state index contributed by atoms with van der Waals surface area (Å²) >= 11 is 7.36. The minimum atomic E-state index is -0.0542. The first kappa shape index (κ1) is 19.7. The molecule has 27 heavy (non-hydrogen) atoms. The molecule has 3 rings (SSSR count). The summed E-state index contributed by atoms with van der Waals surface area (Å²) in [5.41, 5.74) is 2.50. The van der Waals surface area contributed by atoms with Gasteiger partial charge in [0.2, 0.25) is 5.91 Å². The fourth-order valence-electron chi connectivity index (χ4n) is 2.68. The zero-order chi connectivity index (χ0) is 19.1. The van der Waals surface area contributed by atoms with Crippen LogP contribution in [0.1, 0.15) is 15.9 Å². The van der Waals surface area contributed by atoms with Crippen molar-refractivity contribution in [1.82, 2.24) is 4.90 Å². The van der Waals surface area contributed by atoms with Gasteiger partial charge in [0.15, 0.2) is 0 Å². The fraction of sp³-hybridized carbons (Fsp3) is 0.300. The summed E-state index contributed by atoms with van der Waals surface area (Å²) < 4.78 is 5.28. The van der Waals surface area contributed by atoms with E-state index in [2.05, 4.69) is 5.32 Å². The highest BCUT2D eigenvalue weighted by molar-refractivity contribution is 7.99. The second-order valence-electron chi connectivity index (χ2n) is 6.15. The second-order valence-corrected chi connectivity index (χ2v) is 7.57. The SMILES string of the molecule is O=C(CSCc1ccc(C(=O)N2CCOCC2)cc1)Nc1ccc(Cl)cc1. The van der Waals surface area contributed by atoms with Crippen molar-refractivity contribution in [1.29, 1.82) is 0 Å². The van der Waals surface area contributed by atoms with Crippen molar-refractivity contribution in [3.8, 4) is 0 Å². The highest BCUT2D eigenvalue weighted by Crippen LogP contribution is 2.17. The van der Waals surface area contributed by atoms with E-state index in [1.54, 1.807) is 24.3 Å². The summed E-state index contributed by atoms with van der Waals surface area (Å²) in [4.78, 5) is 26.2. The number of hydrogen-bond acceptors (Lipinski definition) is 4. The summed E-state index contributed by atoms with van der Waals surface area (Å²) in [6.07, 6.45) is 0. The van der Waals surface area contributed by atoms with E-state index in [0.717, 1.165) is 11.3 Å². The van der Waals surface area contributed by atoms with E-state index in [1.807, 2.05) is 29.2 Å². The third-order valence-electron chi connectivity index (χ3n) is 4.13. The fourth-order valence-corrected chi connectivity index (χ4v) is 3.60. The Labute approximate surface area is 168 Å². The number of halogens is 1. The highest BCUT2D eigenvalue weighted by Gasteiger charge is 2.18. The van der Waals surface area contributed by atoms with E-state index in [-0.39, 0.29) is 11.8 Å². The molecule has 0 spiro atoms. The van der Waals surface area contributed by atoms with Crippen molar-refractivity contribution in [2.75, 3.05) is 37.4 Å². The van der Waals surface area contributed by atoms with Crippen LogP contribution in [0.3, 0.4) is 0 Å². The zero-order valence-electron chi connectivity index (χ0n) is 14.8. The van der Waals surface area contributed by atoms with Crippen molar-refractivity contribution in [2.45, 2.75) is 5.75 Å². The van der Waals surface area contributed by atoms with Gasteiger partial charge in [-0.15, -0.1) is 11.8 Å². The van der Waals surface area contributed by atoms with Gasteiger partial charge in [0.25, 0.3) is 5.91 Å². The van der Waals surface area contributed by atoms with E-state index in [4.69, 9.17) is 16.3 Å². The van der Waals surface area contributed by atoms with Crippen LogP contribution >= 0.6 is 23.4 Å². The summed E-state index contributed by atoms with van der Waals surface area (Å²) in [6.45, 7) is 2.47. The molecule has 5 nitrogen and oxygen atoms in total. The Hall–Kier alpha value is -2.02. The number of hydrogen-bond donors (Lipinski definition) is 1. The van der Waals surface area contributed by atoms with E-state index >= 15 is 0 Å². The molecule has 0 bridgehead atoms. The lowest BCUT2D eigenvalue weighted by Crippen LogP contribution is -2.40. The van der Waals surface area contributed by atoms with Crippen LogP contribution in [0, 0.1) is 0 Å². The third kappa shape index (κ3) is 5.99. The number of nitrogens with one attached hydrogen (secondary N) is 1. The van der Waals surface area contributed by atoms with Gasteiger partial charge in [-0.1, -0.05) is 23.7 Å². The van der Waals surface area contributed by atoms with Gasteiger partial charge in [0.1, 0.15) is 0 Å². The molecule has 0 atom stereocenters. The molecule has 1 saturated heterocycles. The molecule has 0 saturated carbocycles. The number of nitrogens with zero attached hydrogens (tertiary/aromatic N) is 1. The Bertz CT molecular complexity index is 775. The van der Waals surface area contributed by atoms with Crippen molar-refractivity contribution in [3.63, 3.8) is 0 Å². The number of morpholine rings is 1. The third-order valence-corrected chi connectivity index (χ3v) is 5.38. The molecule has 1 fully saturated rings. The Balaban J connectivity index is 1.43. The average molecular weight is 405 g/mol. The molecule has 1 aliphatic rings. The number of benzene rings is 2. The monoisotopic (exact) mass is 404 g/mol. The van der Waals surface area contributed by atoms with Crippen LogP contribution in [0.25, 0.3) is 0 Å². The molecule has 1 heterocycles. The van der Waals surface area contributed by atoms with Crippen molar-refractivity contribution in [2.24, 2.45) is 0 Å². The van der Waals surface area contributed by atoms with Gasteiger partial charge in [0.05, 0.1) is 19.0 Å². The van der Waals surface area contributed by atoms with Gasteiger partial charge in [0, 0.05) is 35.1 Å². The lowest BCUT2D eigenvalue weighted by atomic mass is 10.1.